The van der Waals surface area contributed by atoms with E-state index in [1.54, 1.807) is 18.3 Å². The largest absolute Gasteiger partial charge is 0.353 e. The summed E-state index contributed by atoms with van der Waals surface area (Å²) in [5, 5.41) is 3.74. The van der Waals surface area contributed by atoms with Gasteiger partial charge in [0.25, 0.3) is 0 Å². The van der Waals surface area contributed by atoms with Crippen LogP contribution in [0.4, 0.5) is 0 Å². The lowest BCUT2D eigenvalue weighted by molar-refractivity contribution is -0.121. The van der Waals surface area contributed by atoms with Gasteiger partial charge in [0.1, 0.15) is 9.84 Å². The zero-order chi connectivity index (χ0) is 16.2. The summed E-state index contributed by atoms with van der Waals surface area (Å²) in [7, 11) is -3.07. The molecule has 1 aromatic carbocycles. The SMILES string of the molecule is CC(CS(C)(=O)=O)NC(=O)CCCc1nc2ccccc2s1. The molecule has 0 aliphatic carbocycles. The Kier molecular flexibility index (Phi) is 5.52. The number of rotatable bonds is 7. The van der Waals surface area contributed by atoms with Crippen LogP contribution in [-0.2, 0) is 21.1 Å². The van der Waals surface area contributed by atoms with Gasteiger partial charge in [-0.2, -0.15) is 0 Å². The monoisotopic (exact) mass is 340 g/mol. The van der Waals surface area contributed by atoms with Crippen molar-refractivity contribution in [2.45, 2.75) is 32.2 Å². The summed E-state index contributed by atoms with van der Waals surface area (Å²) >= 11 is 1.65. The van der Waals surface area contributed by atoms with Gasteiger partial charge in [-0.1, -0.05) is 12.1 Å². The fourth-order valence-corrected chi connectivity index (χ4v) is 4.27. The molecule has 120 valence electrons. The second-order valence-electron chi connectivity index (χ2n) is 5.49. The molecule has 1 N–H and O–H groups in total. The van der Waals surface area contributed by atoms with Crippen molar-refractivity contribution in [3.8, 4) is 0 Å². The number of nitrogens with one attached hydrogen (secondary N) is 1. The Hall–Kier alpha value is -1.47. The van der Waals surface area contributed by atoms with Crippen LogP contribution in [0.2, 0.25) is 0 Å². The Morgan fingerprint density at radius 2 is 2.09 bits per heavy atom. The third kappa shape index (κ3) is 5.38. The summed E-state index contributed by atoms with van der Waals surface area (Å²) in [6, 6.07) is 7.61. The van der Waals surface area contributed by atoms with Crippen molar-refractivity contribution in [3.63, 3.8) is 0 Å². The molecule has 1 heterocycles. The third-order valence-corrected chi connectivity index (χ3v) is 5.29. The number of nitrogens with zero attached hydrogens (tertiary/aromatic N) is 1. The van der Waals surface area contributed by atoms with E-state index in [1.165, 1.54) is 6.26 Å². The van der Waals surface area contributed by atoms with E-state index in [2.05, 4.69) is 10.3 Å². The topological polar surface area (TPSA) is 76.1 Å². The first-order valence-corrected chi connectivity index (χ1v) is 10.0. The number of carbonyl (C=O) groups is 1. The molecule has 1 atom stereocenters. The molecule has 0 saturated carbocycles. The highest BCUT2D eigenvalue weighted by Gasteiger charge is 2.13. The molecule has 0 fully saturated rings. The minimum Gasteiger partial charge on any atom is -0.353 e. The van der Waals surface area contributed by atoms with Gasteiger partial charge in [-0.15, -0.1) is 11.3 Å². The number of hydrogen-bond donors (Lipinski definition) is 1. The molecule has 0 spiro atoms. The highest BCUT2D eigenvalue weighted by molar-refractivity contribution is 7.90. The van der Waals surface area contributed by atoms with Crippen molar-refractivity contribution >= 4 is 37.3 Å². The van der Waals surface area contributed by atoms with Crippen LogP contribution in [0.25, 0.3) is 10.2 Å². The first-order valence-electron chi connectivity index (χ1n) is 7.15. The van der Waals surface area contributed by atoms with Gasteiger partial charge >= 0.3 is 0 Å². The zero-order valence-corrected chi connectivity index (χ0v) is 14.3. The van der Waals surface area contributed by atoms with E-state index < -0.39 is 9.84 Å². The van der Waals surface area contributed by atoms with E-state index in [0.717, 1.165) is 21.6 Å². The van der Waals surface area contributed by atoms with Gasteiger partial charge in [-0.3, -0.25) is 4.79 Å². The Balaban J connectivity index is 1.77. The van der Waals surface area contributed by atoms with Gasteiger partial charge in [-0.05, 0) is 31.9 Å². The van der Waals surface area contributed by atoms with Crippen LogP contribution in [0.1, 0.15) is 24.8 Å². The van der Waals surface area contributed by atoms with E-state index >= 15 is 0 Å². The molecule has 0 bridgehead atoms. The minimum atomic E-state index is -3.07. The Labute approximate surface area is 134 Å². The molecular weight excluding hydrogens is 320 g/mol. The smallest absolute Gasteiger partial charge is 0.220 e. The minimum absolute atomic E-state index is 0.0311. The second kappa shape index (κ2) is 7.19. The molecule has 0 saturated heterocycles. The average molecular weight is 340 g/mol. The van der Waals surface area contributed by atoms with Crippen LogP contribution in [-0.4, -0.2) is 37.4 Å². The number of amides is 1. The predicted octanol–water partition coefficient (Wildman–Crippen LogP) is 2.17. The summed E-state index contributed by atoms with van der Waals surface area (Å²) in [6.07, 6.45) is 3.01. The fraction of sp³-hybridized carbons (Fsp3) is 0.467. The number of sulfone groups is 1. The second-order valence-corrected chi connectivity index (χ2v) is 8.79. The van der Waals surface area contributed by atoms with Crippen molar-refractivity contribution < 1.29 is 13.2 Å². The maximum Gasteiger partial charge on any atom is 0.220 e. The lowest BCUT2D eigenvalue weighted by Crippen LogP contribution is -2.37. The van der Waals surface area contributed by atoms with E-state index in [4.69, 9.17) is 0 Å². The molecule has 2 rings (SSSR count). The number of carbonyl (C=O) groups excluding carboxylic acids is 1. The Morgan fingerprint density at radius 3 is 2.77 bits per heavy atom. The molecule has 0 radical (unpaired) electrons. The van der Waals surface area contributed by atoms with Gasteiger partial charge in [0.05, 0.1) is 21.0 Å². The van der Waals surface area contributed by atoms with Gasteiger partial charge in [0, 0.05) is 18.7 Å². The van der Waals surface area contributed by atoms with Gasteiger partial charge in [0.15, 0.2) is 0 Å². The van der Waals surface area contributed by atoms with E-state index in [9.17, 15) is 13.2 Å². The van der Waals surface area contributed by atoms with Gasteiger partial charge in [0.2, 0.25) is 5.91 Å². The number of aromatic nitrogens is 1. The van der Waals surface area contributed by atoms with Crippen LogP contribution in [0, 0.1) is 0 Å². The maximum absolute atomic E-state index is 11.8. The summed E-state index contributed by atoms with van der Waals surface area (Å²) in [6.45, 7) is 1.70. The maximum atomic E-state index is 11.8. The van der Waals surface area contributed by atoms with Crippen LogP contribution >= 0.6 is 11.3 Å². The summed E-state index contributed by atoms with van der Waals surface area (Å²) in [5.74, 6) is -0.145. The highest BCUT2D eigenvalue weighted by Crippen LogP contribution is 2.22. The first kappa shape index (κ1) is 16.9. The average Bonchev–Trinajstić information content (AvgIpc) is 2.78. The highest BCUT2D eigenvalue weighted by atomic mass is 32.2. The number of fused-ring (bicyclic) bond motifs is 1. The molecule has 0 aliphatic heterocycles. The third-order valence-electron chi connectivity index (χ3n) is 3.09. The number of aryl methyl sites for hydroxylation is 1. The van der Waals surface area contributed by atoms with Crippen molar-refractivity contribution in [2.75, 3.05) is 12.0 Å². The van der Waals surface area contributed by atoms with Crippen molar-refractivity contribution in [2.24, 2.45) is 0 Å². The standard InChI is InChI=1S/C15H20N2O3S2/c1-11(10-22(2,19)20)16-14(18)8-5-9-15-17-12-6-3-4-7-13(12)21-15/h3-4,6-7,11H,5,8-10H2,1-2H3,(H,16,18). The van der Waals surface area contributed by atoms with E-state index in [-0.39, 0.29) is 17.7 Å². The molecule has 5 nitrogen and oxygen atoms in total. The number of thiazole rings is 1. The normalized spacial score (nSPS) is 13.2. The van der Waals surface area contributed by atoms with Crippen LogP contribution in [0.5, 0.6) is 0 Å². The summed E-state index contributed by atoms with van der Waals surface area (Å²) < 4.78 is 23.5. The molecular formula is C15H20N2O3S2. The van der Waals surface area contributed by atoms with Crippen LogP contribution in [0.15, 0.2) is 24.3 Å². The molecule has 1 amide bonds. The number of benzene rings is 1. The van der Waals surface area contributed by atoms with Gasteiger partial charge < -0.3 is 5.32 Å². The van der Waals surface area contributed by atoms with Crippen molar-refractivity contribution in [1.29, 1.82) is 0 Å². The lowest BCUT2D eigenvalue weighted by atomic mass is 10.2. The summed E-state index contributed by atoms with van der Waals surface area (Å²) in [5.41, 5.74) is 0.994. The van der Waals surface area contributed by atoms with E-state index in [1.807, 2.05) is 24.3 Å². The predicted molar refractivity (Wildman–Crippen MR) is 89.9 cm³/mol. The molecule has 22 heavy (non-hydrogen) atoms. The summed E-state index contributed by atoms with van der Waals surface area (Å²) in [4.78, 5) is 16.3. The zero-order valence-electron chi connectivity index (χ0n) is 12.7. The lowest BCUT2D eigenvalue weighted by Gasteiger charge is -2.12. The molecule has 2 aromatic rings. The fourth-order valence-electron chi connectivity index (χ4n) is 2.27. The Bertz CT molecular complexity index is 720. The quantitative estimate of drug-likeness (QED) is 0.838. The van der Waals surface area contributed by atoms with Gasteiger partial charge in [-0.25, -0.2) is 13.4 Å². The molecule has 0 aliphatic rings. The van der Waals surface area contributed by atoms with Crippen LogP contribution in [0.3, 0.4) is 0 Å². The van der Waals surface area contributed by atoms with Crippen LogP contribution < -0.4 is 5.32 Å². The molecule has 7 heteroatoms. The molecule has 1 unspecified atom stereocenters. The Morgan fingerprint density at radius 1 is 1.36 bits per heavy atom. The first-order chi connectivity index (χ1) is 10.3. The van der Waals surface area contributed by atoms with E-state index in [0.29, 0.717) is 12.8 Å². The molecule has 1 aromatic heterocycles. The number of para-hydroxylation sites is 1. The van der Waals surface area contributed by atoms with Crippen molar-refractivity contribution in [1.82, 2.24) is 10.3 Å². The number of hydrogen-bond acceptors (Lipinski definition) is 5. The van der Waals surface area contributed by atoms with Crippen molar-refractivity contribution in [3.05, 3.63) is 29.3 Å².